The summed E-state index contributed by atoms with van der Waals surface area (Å²) in [4.78, 5) is 18.1. The Balaban J connectivity index is 1.57. The molecule has 2 bridgehead atoms. The Hall–Kier alpha value is -1.61. The first-order valence-corrected chi connectivity index (χ1v) is 7.14. The van der Waals surface area contributed by atoms with Crippen LogP contribution in [0.3, 0.4) is 0 Å². The van der Waals surface area contributed by atoms with E-state index in [0.29, 0.717) is 12.6 Å². The number of para-hydroxylation sites is 1. The number of H-pyrrole nitrogens is 1. The minimum Gasteiger partial charge on any atom is -0.360 e. The zero-order valence-electron chi connectivity index (χ0n) is 10.9. The number of carbonyl (C=O) groups excluding carboxylic acids is 1. The van der Waals surface area contributed by atoms with Gasteiger partial charge in [-0.3, -0.25) is 9.69 Å². The molecule has 3 nitrogen and oxygen atoms in total. The summed E-state index contributed by atoms with van der Waals surface area (Å²) >= 11 is 0. The summed E-state index contributed by atoms with van der Waals surface area (Å²) in [5, 5.41) is 1.05. The van der Waals surface area contributed by atoms with Crippen molar-refractivity contribution in [2.45, 2.75) is 25.3 Å². The molecular weight excluding hydrogens is 236 g/mol. The number of hydrogen-bond acceptors (Lipinski definition) is 2. The lowest BCUT2D eigenvalue weighted by molar-refractivity contribution is 0.0906. The molecule has 1 aromatic carbocycles. The van der Waals surface area contributed by atoms with Crippen LogP contribution < -0.4 is 0 Å². The molecule has 2 unspecified atom stereocenters. The van der Waals surface area contributed by atoms with E-state index in [1.54, 1.807) is 0 Å². The average Bonchev–Trinajstić information content (AvgIpc) is 3.13. The fourth-order valence-electron chi connectivity index (χ4n) is 3.79. The van der Waals surface area contributed by atoms with Gasteiger partial charge in [0, 0.05) is 35.2 Å². The maximum absolute atomic E-state index is 12.5. The number of hydrogen-bond donors (Lipinski definition) is 1. The third-order valence-corrected chi connectivity index (χ3v) is 4.76. The van der Waals surface area contributed by atoms with Gasteiger partial charge < -0.3 is 4.98 Å². The van der Waals surface area contributed by atoms with Crippen LogP contribution in [0.25, 0.3) is 10.9 Å². The van der Waals surface area contributed by atoms with E-state index in [4.69, 9.17) is 0 Å². The third-order valence-electron chi connectivity index (χ3n) is 4.76. The molecule has 1 aliphatic carbocycles. The second kappa shape index (κ2) is 4.20. The molecule has 2 aliphatic rings. The molecule has 2 aromatic rings. The highest BCUT2D eigenvalue weighted by Crippen LogP contribution is 2.37. The maximum Gasteiger partial charge on any atom is 0.178 e. The Morgan fingerprint density at radius 3 is 3.00 bits per heavy atom. The molecule has 0 spiro atoms. The Morgan fingerprint density at radius 1 is 1.32 bits per heavy atom. The van der Waals surface area contributed by atoms with E-state index in [1.807, 2.05) is 30.5 Å². The van der Waals surface area contributed by atoms with Crippen molar-refractivity contribution in [2.24, 2.45) is 5.92 Å². The molecule has 2 heterocycles. The molecule has 3 heteroatoms. The number of aromatic amines is 1. The van der Waals surface area contributed by atoms with Gasteiger partial charge >= 0.3 is 0 Å². The van der Waals surface area contributed by atoms with Crippen molar-refractivity contribution in [1.29, 1.82) is 0 Å². The van der Waals surface area contributed by atoms with Crippen LogP contribution in [-0.4, -0.2) is 34.8 Å². The van der Waals surface area contributed by atoms with Gasteiger partial charge in [-0.05, 0) is 31.2 Å². The fraction of sp³-hybridized carbons (Fsp3) is 0.438. The molecule has 1 aliphatic heterocycles. The number of piperidine rings is 1. The SMILES string of the molecule is O=C(CN1CC2CCC1C2)c1c[nH]c2ccccc12. The van der Waals surface area contributed by atoms with Crippen LogP contribution in [0, 0.1) is 5.92 Å². The molecule has 2 fully saturated rings. The Labute approximate surface area is 112 Å². The highest BCUT2D eigenvalue weighted by Gasteiger charge is 2.38. The van der Waals surface area contributed by atoms with Crippen molar-refractivity contribution in [3.63, 3.8) is 0 Å². The minimum absolute atomic E-state index is 0.255. The lowest BCUT2D eigenvalue weighted by Gasteiger charge is -2.25. The quantitative estimate of drug-likeness (QED) is 0.855. The van der Waals surface area contributed by atoms with Crippen molar-refractivity contribution in [1.82, 2.24) is 9.88 Å². The van der Waals surface area contributed by atoms with Gasteiger partial charge in [0.1, 0.15) is 0 Å². The van der Waals surface area contributed by atoms with Gasteiger partial charge in [-0.1, -0.05) is 18.2 Å². The molecule has 0 radical (unpaired) electrons. The zero-order chi connectivity index (χ0) is 12.8. The van der Waals surface area contributed by atoms with Crippen molar-refractivity contribution in [2.75, 3.05) is 13.1 Å². The normalized spacial score (nSPS) is 26.3. The van der Waals surface area contributed by atoms with E-state index < -0.39 is 0 Å². The average molecular weight is 254 g/mol. The predicted molar refractivity (Wildman–Crippen MR) is 75.3 cm³/mol. The van der Waals surface area contributed by atoms with Crippen LogP contribution in [-0.2, 0) is 0 Å². The first kappa shape index (κ1) is 11.2. The monoisotopic (exact) mass is 254 g/mol. The van der Waals surface area contributed by atoms with E-state index in [2.05, 4.69) is 9.88 Å². The summed E-state index contributed by atoms with van der Waals surface area (Å²) in [5.74, 6) is 1.10. The molecule has 2 atom stereocenters. The third kappa shape index (κ3) is 1.80. The van der Waals surface area contributed by atoms with E-state index in [-0.39, 0.29) is 5.78 Å². The van der Waals surface area contributed by atoms with E-state index >= 15 is 0 Å². The number of benzene rings is 1. The molecule has 98 valence electrons. The van der Waals surface area contributed by atoms with Crippen molar-refractivity contribution >= 4 is 16.7 Å². The molecular formula is C16H18N2O. The number of aromatic nitrogens is 1. The van der Waals surface area contributed by atoms with E-state index in [0.717, 1.165) is 28.9 Å². The summed E-state index contributed by atoms with van der Waals surface area (Å²) in [6, 6.07) is 8.69. The summed E-state index contributed by atoms with van der Waals surface area (Å²) < 4.78 is 0. The van der Waals surface area contributed by atoms with Crippen LogP contribution in [0.5, 0.6) is 0 Å². The number of nitrogens with zero attached hydrogens (tertiary/aromatic N) is 1. The van der Waals surface area contributed by atoms with Crippen LogP contribution in [0.2, 0.25) is 0 Å². The van der Waals surface area contributed by atoms with Gasteiger partial charge in [0.15, 0.2) is 5.78 Å². The van der Waals surface area contributed by atoms with Crippen LogP contribution in [0.4, 0.5) is 0 Å². The number of Topliss-reactive ketones (excluding diaryl/α,β-unsaturated/α-hetero) is 1. The van der Waals surface area contributed by atoms with Gasteiger partial charge in [0.2, 0.25) is 0 Å². The highest BCUT2D eigenvalue weighted by molar-refractivity contribution is 6.08. The van der Waals surface area contributed by atoms with Crippen LogP contribution in [0.1, 0.15) is 29.6 Å². The van der Waals surface area contributed by atoms with Gasteiger partial charge in [-0.2, -0.15) is 0 Å². The van der Waals surface area contributed by atoms with E-state index in [9.17, 15) is 4.79 Å². The number of carbonyl (C=O) groups is 1. The molecule has 4 rings (SSSR count). The van der Waals surface area contributed by atoms with Gasteiger partial charge in [0.25, 0.3) is 0 Å². The molecule has 1 aromatic heterocycles. The highest BCUT2D eigenvalue weighted by atomic mass is 16.1. The molecule has 0 amide bonds. The Kier molecular flexibility index (Phi) is 2.49. The summed E-state index contributed by atoms with van der Waals surface area (Å²) in [6.45, 7) is 1.71. The van der Waals surface area contributed by atoms with Crippen molar-refractivity contribution in [3.05, 3.63) is 36.0 Å². The van der Waals surface area contributed by atoms with Gasteiger partial charge in [-0.25, -0.2) is 0 Å². The van der Waals surface area contributed by atoms with E-state index in [1.165, 1.54) is 19.3 Å². The smallest absolute Gasteiger partial charge is 0.178 e. The summed E-state index contributed by atoms with van der Waals surface area (Å²) in [5.41, 5.74) is 1.90. The second-order valence-electron chi connectivity index (χ2n) is 5.93. The molecule has 1 saturated carbocycles. The number of ketones is 1. The number of likely N-dealkylation sites (tertiary alicyclic amines) is 1. The Morgan fingerprint density at radius 2 is 2.21 bits per heavy atom. The van der Waals surface area contributed by atoms with Gasteiger partial charge in [-0.15, -0.1) is 0 Å². The summed E-state index contributed by atoms with van der Waals surface area (Å²) in [7, 11) is 0. The number of fused-ring (bicyclic) bond motifs is 3. The second-order valence-corrected chi connectivity index (χ2v) is 5.93. The minimum atomic E-state index is 0.255. The van der Waals surface area contributed by atoms with Gasteiger partial charge in [0.05, 0.1) is 6.54 Å². The fourth-order valence-corrected chi connectivity index (χ4v) is 3.79. The van der Waals surface area contributed by atoms with Crippen molar-refractivity contribution in [3.8, 4) is 0 Å². The largest absolute Gasteiger partial charge is 0.360 e. The van der Waals surface area contributed by atoms with Crippen LogP contribution >= 0.6 is 0 Å². The lowest BCUT2D eigenvalue weighted by atomic mass is 10.1. The number of nitrogens with one attached hydrogen (secondary N) is 1. The first-order chi connectivity index (χ1) is 9.31. The maximum atomic E-state index is 12.5. The van der Waals surface area contributed by atoms with Crippen molar-refractivity contribution < 1.29 is 4.79 Å². The molecule has 1 saturated heterocycles. The zero-order valence-corrected chi connectivity index (χ0v) is 10.9. The predicted octanol–water partition coefficient (Wildman–Crippen LogP) is 2.83. The van der Waals surface area contributed by atoms with Crippen LogP contribution in [0.15, 0.2) is 30.5 Å². The lowest BCUT2D eigenvalue weighted by Crippen LogP contribution is -2.36. The Bertz CT molecular complexity index is 630. The topological polar surface area (TPSA) is 36.1 Å². The standard InChI is InChI=1S/C16H18N2O/c19-16(10-18-9-11-5-6-12(18)7-11)14-8-17-15-4-2-1-3-13(14)15/h1-4,8,11-12,17H,5-7,9-10H2. The molecule has 1 N–H and O–H groups in total. The first-order valence-electron chi connectivity index (χ1n) is 7.14. The molecule has 19 heavy (non-hydrogen) atoms. The number of rotatable bonds is 3. The summed E-state index contributed by atoms with van der Waals surface area (Å²) in [6.07, 6.45) is 5.82.